The van der Waals surface area contributed by atoms with Crippen LogP contribution in [0, 0.1) is 5.41 Å². The summed E-state index contributed by atoms with van der Waals surface area (Å²) in [4.78, 5) is 64.6. The Balaban J connectivity index is 1.90. The lowest BCUT2D eigenvalue weighted by atomic mass is 9.87. The summed E-state index contributed by atoms with van der Waals surface area (Å²) in [6.07, 6.45) is 2.19. The number of Topliss-reactive ketones (excluding diaryl/α,β-unsaturated/α-hetero) is 1. The highest BCUT2D eigenvalue weighted by Crippen LogP contribution is 2.37. The SMILES string of the molecule is C=CC(=O)OCC(C)(C)C(=O)C(=O)N1CCCC[C@H]1C(=O)OC(CCc1cc(OC)c(OC)cc1OC)c1cccc(OCC(=O)O)c1. The number of amides is 1. The van der Waals surface area contributed by atoms with Gasteiger partial charge in [0.25, 0.3) is 5.91 Å². The molecule has 2 aromatic rings. The minimum absolute atomic E-state index is 0.166. The number of hydrogen-bond donors (Lipinski definition) is 1. The number of nitrogens with zero attached hydrogens (tertiary/aromatic N) is 1. The first-order valence-electron chi connectivity index (χ1n) is 15.4. The fraction of sp³-hybridized carbons (Fsp3) is 0.457. The van der Waals surface area contributed by atoms with Crippen molar-refractivity contribution in [1.82, 2.24) is 4.90 Å². The molecule has 260 valence electrons. The molecular formula is C35H43NO12. The second kappa shape index (κ2) is 17.2. The molecule has 0 aliphatic carbocycles. The number of esters is 2. The van der Waals surface area contributed by atoms with Crippen molar-refractivity contribution in [2.45, 2.75) is 58.1 Å². The molecular weight excluding hydrogens is 626 g/mol. The molecule has 1 N–H and O–H groups in total. The number of aliphatic carboxylic acids is 1. The van der Waals surface area contributed by atoms with Crippen molar-refractivity contribution >= 4 is 29.6 Å². The Hall–Kier alpha value is -5.07. The van der Waals surface area contributed by atoms with E-state index in [0.717, 1.165) is 11.6 Å². The van der Waals surface area contributed by atoms with E-state index in [0.29, 0.717) is 42.1 Å². The highest BCUT2D eigenvalue weighted by molar-refractivity contribution is 6.38. The molecule has 13 nitrogen and oxygen atoms in total. The summed E-state index contributed by atoms with van der Waals surface area (Å²) in [7, 11) is 4.54. The lowest BCUT2D eigenvalue weighted by Crippen LogP contribution is -2.53. The van der Waals surface area contributed by atoms with Gasteiger partial charge >= 0.3 is 17.9 Å². The number of carbonyl (C=O) groups is 5. The maximum Gasteiger partial charge on any atom is 0.341 e. The molecule has 1 heterocycles. The van der Waals surface area contributed by atoms with Crippen molar-refractivity contribution in [2.24, 2.45) is 5.41 Å². The van der Waals surface area contributed by atoms with Gasteiger partial charge in [0.2, 0.25) is 5.78 Å². The lowest BCUT2D eigenvalue weighted by molar-refractivity contribution is -0.165. The molecule has 0 aromatic heterocycles. The highest BCUT2D eigenvalue weighted by Gasteiger charge is 2.42. The van der Waals surface area contributed by atoms with Crippen LogP contribution < -0.4 is 18.9 Å². The number of hydrogen-bond acceptors (Lipinski definition) is 11. The number of carboxylic acids is 1. The van der Waals surface area contributed by atoms with Crippen LogP contribution in [0.15, 0.2) is 49.1 Å². The topological polar surface area (TPSA) is 164 Å². The molecule has 2 aromatic carbocycles. The summed E-state index contributed by atoms with van der Waals surface area (Å²) in [5.41, 5.74) is -0.0754. The standard InChI is InChI=1S/C35H43NO12/c1-7-31(39)47-21-35(2,3)32(40)33(41)36-16-9-8-13-25(36)34(42)48-26(22-11-10-12-24(17-22)46-20-30(37)38)15-14-23-18-28(44-5)29(45-6)19-27(23)43-4/h7,10-12,17-19,25-26H,1,8-9,13-16,20-21H2,2-6H3,(H,37,38)/t25-,26?/m0/s1. The monoisotopic (exact) mass is 669 g/mol. The normalized spacial score (nSPS) is 15.0. The number of piperidine rings is 1. The zero-order valence-corrected chi connectivity index (χ0v) is 27.9. The molecule has 3 rings (SSSR count). The summed E-state index contributed by atoms with van der Waals surface area (Å²) in [6.45, 7) is 5.56. The zero-order chi connectivity index (χ0) is 35.4. The third-order valence-electron chi connectivity index (χ3n) is 7.90. The summed E-state index contributed by atoms with van der Waals surface area (Å²) >= 11 is 0. The van der Waals surface area contributed by atoms with Crippen LogP contribution >= 0.6 is 0 Å². The Kier molecular flexibility index (Phi) is 13.4. The van der Waals surface area contributed by atoms with Crippen LogP contribution in [0.5, 0.6) is 23.0 Å². The number of ether oxygens (including phenoxy) is 6. The van der Waals surface area contributed by atoms with Gasteiger partial charge in [-0.25, -0.2) is 14.4 Å². The van der Waals surface area contributed by atoms with Gasteiger partial charge in [-0.15, -0.1) is 0 Å². The first kappa shape index (κ1) is 37.4. The molecule has 1 fully saturated rings. The van der Waals surface area contributed by atoms with E-state index in [1.165, 1.54) is 40.1 Å². The predicted molar refractivity (Wildman–Crippen MR) is 172 cm³/mol. The van der Waals surface area contributed by atoms with Crippen LogP contribution in [0.25, 0.3) is 0 Å². The number of ketones is 1. The van der Waals surface area contributed by atoms with Crippen LogP contribution in [-0.4, -0.2) is 86.7 Å². The number of carboxylic acid groups (broad SMARTS) is 1. The van der Waals surface area contributed by atoms with E-state index in [9.17, 15) is 24.0 Å². The van der Waals surface area contributed by atoms with Gasteiger partial charge in [-0.3, -0.25) is 9.59 Å². The van der Waals surface area contributed by atoms with Gasteiger partial charge in [-0.05, 0) is 75.3 Å². The van der Waals surface area contributed by atoms with Gasteiger partial charge in [0.05, 0.1) is 26.7 Å². The van der Waals surface area contributed by atoms with E-state index < -0.39 is 53.8 Å². The quantitative estimate of drug-likeness (QED) is 0.146. The fourth-order valence-corrected chi connectivity index (χ4v) is 5.25. The van der Waals surface area contributed by atoms with Gasteiger partial charge in [0.15, 0.2) is 18.1 Å². The Morgan fingerprint density at radius 1 is 1.00 bits per heavy atom. The second-order valence-electron chi connectivity index (χ2n) is 11.8. The van der Waals surface area contributed by atoms with Gasteiger partial charge in [-0.2, -0.15) is 0 Å². The van der Waals surface area contributed by atoms with Crippen LogP contribution in [0.3, 0.4) is 0 Å². The summed E-state index contributed by atoms with van der Waals surface area (Å²) in [5, 5.41) is 9.07. The molecule has 13 heteroatoms. The van der Waals surface area contributed by atoms with Gasteiger partial charge in [0, 0.05) is 18.7 Å². The van der Waals surface area contributed by atoms with Crippen molar-refractivity contribution in [3.05, 3.63) is 60.2 Å². The van der Waals surface area contributed by atoms with Crippen LogP contribution in [-0.2, 0) is 39.9 Å². The largest absolute Gasteiger partial charge is 0.496 e. The van der Waals surface area contributed by atoms with E-state index in [-0.39, 0.29) is 31.7 Å². The average Bonchev–Trinajstić information content (AvgIpc) is 3.10. The molecule has 0 radical (unpaired) electrons. The molecule has 48 heavy (non-hydrogen) atoms. The van der Waals surface area contributed by atoms with Crippen LogP contribution in [0.2, 0.25) is 0 Å². The van der Waals surface area contributed by atoms with Crippen LogP contribution in [0.4, 0.5) is 0 Å². The summed E-state index contributed by atoms with van der Waals surface area (Å²) < 4.78 is 32.9. The third kappa shape index (κ3) is 9.72. The molecule has 0 bridgehead atoms. The number of likely N-dealkylation sites (tertiary alicyclic amines) is 1. The van der Waals surface area contributed by atoms with Crippen molar-refractivity contribution in [3.8, 4) is 23.0 Å². The van der Waals surface area contributed by atoms with Gasteiger partial charge < -0.3 is 38.4 Å². The first-order valence-corrected chi connectivity index (χ1v) is 15.4. The number of rotatable bonds is 17. The van der Waals surface area contributed by atoms with E-state index >= 15 is 0 Å². The zero-order valence-electron chi connectivity index (χ0n) is 27.9. The van der Waals surface area contributed by atoms with Crippen molar-refractivity contribution in [2.75, 3.05) is 41.1 Å². The van der Waals surface area contributed by atoms with Crippen molar-refractivity contribution in [3.63, 3.8) is 0 Å². The third-order valence-corrected chi connectivity index (χ3v) is 7.90. The van der Waals surface area contributed by atoms with Gasteiger partial charge in [-0.1, -0.05) is 18.7 Å². The molecule has 1 amide bonds. The second-order valence-corrected chi connectivity index (χ2v) is 11.8. The Bertz CT molecular complexity index is 1500. The molecule has 1 unspecified atom stereocenters. The predicted octanol–water partition coefficient (Wildman–Crippen LogP) is 4.10. The summed E-state index contributed by atoms with van der Waals surface area (Å²) in [5.74, 6) is -2.50. The van der Waals surface area contributed by atoms with E-state index in [4.69, 9.17) is 33.5 Å². The molecule has 1 aliphatic heterocycles. The van der Waals surface area contributed by atoms with E-state index in [1.54, 1.807) is 36.4 Å². The number of benzene rings is 2. The molecule has 1 saturated heterocycles. The molecule has 0 saturated carbocycles. The maximum atomic E-state index is 13.9. The maximum absolute atomic E-state index is 13.9. The van der Waals surface area contributed by atoms with Crippen molar-refractivity contribution < 1.29 is 57.5 Å². The Morgan fingerprint density at radius 3 is 2.33 bits per heavy atom. The highest BCUT2D eigenvalue weighted by atomic mass is 16.5. The van der Waals surface area contributed by atoms with Crippen molar-refractivity contribution in [1.29, 1.82) is 0 Å². The molecule has 0 spiro atoms. The fourth-order valence-electron chi connectivity index (χ4n) is 5.25. The van der Waals surface area contributed by atoms with Gasteiger partial charge in [0.1, 0.15) is 30.3 Å². The number of methoxy groups -OCH3 is 3. The smallest absolute Gasteiger partial charge is 0.341 e. The summed E-state index contributed by atoms with van der Waals surface area (Å²) in [6, 6.07) is 8.98. The molecule has 1 aliphatic rings. The van der Waals surface area contributed by atoms with E-state index in [1.807, 2.05) is 0 Å². The van der Waals surface area contributed by atoms with Crippen LogP contribution in [0.1, 0.15) is 56.8 Å². The minimum atomic E-state index is -1.35. The number of carbonyl (C=O) groups excluding carboxylic acids is 4. The van der Waals surface area contributed by atoms with E-state index in [2.05, 4.69) is 6.58 Å². The average molecular weight is 670 g/mol. The Labute approximate surface area is 279 Å². The number of aryl methyl sites for hydroxylation is 1. The molecule has 2 atom stereocenters. The Morgan fingerprint density at radius 2 is 1.69 bits per heavy atom. The first-order chi connectivity index (χ1) is 22.8. The lowest BCUT2D eigenvalue weighted by Gasteiger charge is -2.36. The minimum Gasteiger partial charge on any atom is -0.496 e.